The van der Waals surface area contributed by atoms with E-state index < -0.39 is 0 Å². The first kappa shape index (κ1) is 13.2. The first-order chi connectivity index (χ1) is 7.63. The summed E-state index contributed by atoms with van der Waals surface area (Å²) in [6.45, 7) is 12.1. The van der Waals surface area contributed by atoms with E-state index >= 15 is 0 Å². The fraction of sp³-hybridized carbons (Fsp3) is 0.769. The van der Waals surface area contributed by atoms with Gasteiger partial charge in [0.05, 0.1) is 0 Å². The molecule has 2 atom stereocenters. The Kier molecular flexibility index (Phi) is 5.53. The van der Waals surface area contributed by atoms with Crippen molar-refractivity contribution >= 4 is 0 Å². The van der Waals surface area contributed by atoms with Crippen LogP contribution in [0.5, 0.6) is 0 Å². The van der Waals surface area contributed by atoms with E-state index in [2.05, 4.69) is 48.8 Å². The molecule has 0 saturated heterocycles. The highest BCUT2D eigenvalue weighted by molar-refractivity contribution is 4.88. The maximum atomic E-state index is 4.23. The number of aromatic nitrogens is 2. The summed E-state index contributed by atoms with van der Waals surface area (Å²) in [5, 5.41) is 3.53. The summed E-state index contributed by atoms with van der Waals surface area (Å²) in [4.78, 5) is 4.23. The van der Waals surface area contributed by atoms with Gasteiger partial charge in [0.25, 0.3) is 0 Å². The first-order valence-electron chi connectivity index (χ1n) is 6.32. The number of nitrogens with zero attached hydrogens (tertiary/aromatic N) is 2. The average Bonchev–Trinajstić information content (AvgIpc) is 2.64. The highest BCUT2D eigenvalue weighted by Crippen LogP contribution is 2.03. The predicted octanol–water partition coefficient (Wildman–Crippen LogP) is 2.46. The molecule has 0 aliphatic rings. The molecule has 3 nitrogen and oxygen atoms in total. The van der Waals surface area contributed by atoms with Gasteiger partial charge < -0.3 is 9.88 Å². The zero-order valence-corrected chi connectivity index (χ0v) is 11.0. The van der Waals surface area contributed by atoms with Gasteiger partial charge in [-0.05, 0) is 31.8 Å². The largest absolute Gasteiger partial charge is 0.335 e. The van der Waals surface area contributed by atoms with Crippen LogP contribution in [0.1, 0.15) is 33.0 Å². The first-order valence-corrected chi connectivity index (χ1v) is 6.32. The predicted molar refractivity (Wildman–Crippen MR) is 68.5 cm³/mol. The van der Waals surface area contributed by atoms with Crippen molar-refractivity contribution in [1.82, 2.24) is 14.9 Å². The number of hydrogen-bond acceptors (Lipinski definition) is 2. The molecule has 0 aliphatic carbocycles. The van der Waals surface area contributed by atoms with Crippen LogP contribution >= 0.6 is 0 Å². The molecule has 0 aliphatic heterocycles. The second-order valence-electron chi connectivity index (χ2n) is 4.90. The molecule has 0 aromatic carbocycles. The average molecular weight is 223 g/mol. The maximum absolute atomic E-state index is 4.23. The molecule has 0 fully saturated rings. The lowest BCUT2D eigenvalue weighted by molar-refractivity contribution is 0.413. The van der Waals surface area contributed by atoms with Gasteiger partial charge in [-0.1, -0.05) is 27.2 Å². The third-order valence-electron chi connectivity index (χ3n) is 3.11. The molecule has 1 rings (SSSR count). The normalized spacial score (nSPS) is 15.0. The molecule has 2 unspecified atom stereocenters. The van der Waals surface area contributed by atoms with Crippen molar-refractivity contribution in [3.05, 3.63) is 18.2 Å². The molecule has 3 heteroatoms. The Hall–Kier alpha value is -0.830. The Bertz CT molecular complexity index is 293. The van der Waals surface area contributed by atoms with E-state index in [1.807, 2.05) is 6.20 Å². The van der Waals surface area contributed by atoms with Gasteiger partial charge in [-0.3, -0.25) is 0 Å². The second kappa shape index (κ2) is 6.69. The van der Waals surface area contributed by atoms with E-state index in [1.54, 1.807) is 0 Å². The van der Waals surface area contributed by atoms with Crippen molar-refractivity contribution in [2.24, 2.45) is 11.8 Å². The van der Waals surface area contributed by atoms with E-state index in [0.29, 0.717) is 5.92 Å². The topological polar surface area (TPSA) is 29.9 Å². The molecule has 1 aromatic heterocycles. The maximum Gasteiger partial charge on any atom is 0.105 e. The Morgan fingerprint density at radius 1 is 1.31 bits per heavy atom. The fourth-order valence-electron chi connectivity index (χ4n) is 1.72. The van der Waals surface area contributed by atoms with Crippen LogP contribution in [0, 0.1) is 18.8 Å². The van der Waals surface area contributed by atoms with Gasteiger partial charge in [0.2, 0.25) is 0 Å². The van der Waals surface area contributed by atoms with Crippen LogP contribution in [-0.2, 0) is 6.54 Å². The molecular weight excluding hydrogens is 198 g/mol. The highest BCUT2D eigenvalue weighted by atomic mass is 15.1. The quantitative estimate of drug-likeness (QED) is 0.769. The smallest absolute Gasteiger partial charge is 0.105 e. The van der Waals surface area contributed by atoms with E-state index in [1.165, 1.54) is 6.42 Å². The van der Waals surface area contributed by atoms with E-state index in [9.17, 15) is 0 Å². The molecule has 0 saturated carbocycles. The Balaban J connectivity index is 2.21. The zero-order valence-electron chi connectivity index (χ0n) is 11.0. The SMILES string of the molecule is CCC(C)CNCC(C)Cn1ccnc1C. The molecule has 0 bridgehead atoms. The minimum atomic E-state index is 0.650. The number of nitrogens with one attached hydrogen (secondary N) is 1. The lowest BCUT2D eigenvalue weighted by Crippen LogP contribution is -2.28. The van der Waals surface area contributed by atoms with Crippen molar-refractivity contribution < 1.29 is 0 Å². The summed E-state index contributed by atoms with van der Waals surface area (Å²) in [6.07, 6.45) is 5.18. The van der Waals surface area contributed by atoms with Crippen molar-refractivity contribution in [3.8, 4) is 0 Å². The lowest BCUT2D eigenvalue weighted by Gasteiger charge is -2.16. The molecule has 92 valence electrons. The van der Waals surface area contributed by atoms with Gasteiger partial charge >= 0.3 is 0 Å². The minimum absolute atomic E-state index is 0.650. The van der Waals surface area contributed by atoms with Crippen LogP contribution in [0.25, 0.3) is 0 Å². The molecule has 0 spiro atoms. The molecule has 0 amide bonds. The fourth-order valence-corrected chi connectivity index (χ4v) is 1.72. The molecule has 0 radical (unpaired) electrons. The summed E-state index contributed by atoms with van der Waals surface area (Å²) >= 11 is 0. The van der Waals surface area contributed by atoms with Crippen molar-refractivity contribution in [2.45, 2.75) is 40.7 Å². The monoisotopic (exact) mass is 223 g/mol. The van der Waals surface area contributed by atoms with Gasteiger partial charge in [0, 0.05) is 18.9 Å². The van der Waals surface area contributed by atoms with Gasteiger partial charge in [-0.15, -0.1) is 0 Å². The Labute approximate surface area is 99.3 Å². The van der Waals surface area contributed by atoms with Crippen LogP contribution < -0.4 is 5.32 Å². The van der Waals surface area contributed by atoms with Crippen molar-refractivity contribution in [1.29, 1.82) is 0 Å². The molecule has 16 heavy (non-hydrogen) atoms. The highest BCUT2D eigenvalue weighted by Gasteiger charge is 2.05. The molecule has 1 aromatic rings. The Morgan fingerprint density at radius 3 is 2.56 bits per heavy atom. The molecule has 1 heterocycles. The second-order valence-corrected chi connectivity index (χ2v) is 4.90. The third-order valence-corrected chi connectivity index (χ3v) is 3.11. The summed E-state index contributed by atoms with van der Waals surface area (Å²) in [5.41, 5.74) is 0. The van der Waals surface area contributed by atoms with Crippen LogP contribution in [0.15, 0.2) is 12.4 Å². The van der Waals surface area contributed by atoms with Gasteiger partial charge in [0.1, 0.15) is 5.82 Å². The number of aryl methyl sites for hydroxylation is 1. The third kappa shape index (κ3) is 4.35. The number of imidazole rings is 1. The van der Waals surface area contributed by atoms with E-state index in [-0.39, 0.29) is 0 Å². The van der Waals surface area contributed by atoms with E-state index in [4.69, 9.17) is 0 Å². The summed E-state index contributed by atoms with van der Waals surface area (Å²) < 4.78 is 2.22. The zero-order chi connectivity index (χ0) is 12.0. The Morgan fingerprint density at radius 2 is 2.00 bits per heavy atom. The van der Waals surface area contributed by atoms with E-state index in [0.717, 1.165) is 31.4 Å². The van der Waals surface area contributed by atoms with Crippen LogP contribution in [0.3, 0.4) is 0 Å². The van der Waals surface area contributed by atoms with Crippen molar-refractivity contribution in [2.75, 3.05) is 13.1 Å². The minimum Gasteiger partial charge on any atom is -0.335 e. The summed E-state index contributed by atoms with van der Waals surface area (Å²) in [5.74, 6) is 2.54. The van der Waals surface area contributed by atoms with Gasteiger partial charge in [-0.25, -0.2) is 4.98 Å². The number of rotatable bonds is 7. The van der Waals surface area contributed by atoms with Crippen LogP contribution in [0.2, 0.25) is 0 Å². The standard InChI is InChI=1S/C13H25N3/c1-5-11(2)8-14-9-12(3)10-16-7-6-15-13(16)4/h6-7,11-12,14H,5,8-10H2,1-4H3. The van der Waals surface area contributed by atoms with Crippen molar-refractivity contribution in [3.63, 3.8) is 0 Å². The van der Waals surface area contributed by atoms with Crippen LogP contribution in [0.4, 0.5) is 0 Å². The summed E-state index contributed by atoms with van der Waals surface area (Å²) in [7, 11) is 0. The lowest BCUT2D eigenvalue weighted by atomic mass is 10.1. The van der Waals surface area contributed by atoms with Gasteiger partial charge in [-0.2, -0.15) is 0 Å². The van der Waals surface area contributed by atoms with Gasteiger partial charge in [0.15, 0.2) is 0 Å². The molecule has 1 N–H and O–H groups in total. The van der Waals surface area contributed by atoms with Crippen LogP contribution in [-0.4, -0.2) is 22.6 Å². The summed E-state index contributed by atoms with van der Waals surface area (Å²) in [6, 6.07) is 0. The molecular formula is C13H25N3. The number of hydrogen-bond donors (Lipinski definition) is 1.